The van der Waals surface area contributed by atoms with Crippen LogP contribution in [-0.4, -0.2) is 47.8 Å². The highest BCUT2D eigenvalue weighted by molar-refractivity contribution is 5.15. The van der Waals surface area contributed by atoms with Crippen LogP contribution in [0.5, 0.6) is 5.75 Å². The maximum Gasteiger partial charge on any atom is 0.137 e. The summed E-state index contributed by atoms with van der Waals surface area (Å²) in [5.74, 6) is 1.20. The monoisotopic (exact) mass is 222 g/mol. The van der Waals surface area contributed by atoms with Gasteiger partial charge in [-0.15, -0.1) is 0 Å². The van der Waals surface area contributed by atoms with Crippen LogP contribution in [0.15, 0.2) is 24.5 Å². The quantitative estimate of drug-likeness (QED) is 0.817. The summed E-state index contributed by atoms with van der Waals surface area (Å²) in [4.78, 5) is 6.25. The predicted molar refractivity (Wildman–Crippen MR) is 61.3 cm³/mol. The number of likely N-dealkylation sites (tertiary alicyclic amines) is 1. The molecule has 1 fully saturated rings. The molecule has 1 aromatic rings. The Bertz CT molecular complexity index is 318. The highest BCUT2D eigenvalue weighted by atomic mass is 16.5. The molecule has 0 aliphatic carbocycles. The molecule has 0 aromatic carbocycles. The first-order valence-corrected chi connectivity index (χ1v) is 5.63. The van der Waals surface area contributed by atoms with E-state index in [2.05, 4.69) is 16.9 Å². The molecule has 1 aromatic heterocycles. The Hall–Kier alpha value is -1.13. The molecule has 0 bridgehead atoms. The van der Waals surface area contributed by atoms with Gasteiger partial charge >= 0.3 is 0 Å². The Morgan fingerprint density at radius 2 is 2.50 bits per heavy atom. The summed E-state index contributed by atoms with van der Waals surface area (Å²) in [6, 6.07) is 4.17. The van der Waals surface area contributed by atoms with E-state index in [1.54, 1.807) is 12.4 Å². The lowest BCUT2D eigenvalue weighted by Gasteiger charge is -2.19. The molecule has 0 unspecified atom stereocenters. The molecule has 0 amide bonds. The molecular weight excluding hydrogens is 204 g/mol. The van der Waals surface area contributed by atoms with Gasteiger partial charge in [0.2, 0.25) is 0 Å². The van der Waals surface area contributed by atoms with Gasteiger partial charge in [0, 0.05) is 25.4 Å². The van der Waals surface area contributed by atoms with Gasteiger partial charge in [-0.25, -0.2) is 0 Å². The molecule has 1 aliphatic rings. The molecule has 2 heterocycles. The third kappa shape index (κ3) is 2.71. The SMILES string of the molecule is CN1C[C@@H](CO)C[C@H]1COc1cccnc1. The lowest BCUT2D eigenvalue weighted by molar-refractivity contribution is 0.197. The molecule has 2 atom stereocenters. The second-order valence-electron chi connectivity index (χ2n) is 4.38. The largest absolute Gasteiger partial charge is 0.490 e. The van der Waals surface area contributed by atoms with Gasteiger partial charge in [-0.1, -0.05) is 0 Å². The molecule has 16 heavy (non-hydrogen) atoms. The fourth-order valence-electron chi connectivity index (χ4n) is 2.15. The van der Waals surface area contributed by atoms with Gasteiger partial charge in [-0.3, -0.25) is 9.88 Å². The predicted octanol–water partition coefficient (Wildman–Crippen LogP) is 0.773. The Labute approximate surface area is 95.9 Å². The molecule has 0 spiro atoms. The van der Waals surface area contributed by atoms with E-state index >= 15 is 0 Å². The van der Waals surface area contributed by atoms with Gasteiger partial charge in [0.1, 0.15) is 12.4 Å². The van der Waals surface area contributed by atoms with E-state index in [0.29, 0.717) is 18.6 Å². The van der Waals surface area contributed by atoms with Crippen molar-refractivity contribution in [1.82, 2.24) is 9.88 Å². The van der Waals surface area contributed by atoms with E-state index in [9.17, 15) is 0 Å². The average Bonchev–Trinajstić information content (AvgIpc) is 2.69. The highest BCUT2D eigenvalue weighted by Gasteiger charge is 2.29. The lowest BCUT2D eigenvalue weighted by atomic mass is 10.1. The standard InChI is InChI=1S/C12H18N2O2/c1-14-7-10(8-15)5-11(14)9-16-12-3-2-4-13-6-12/h2-4,6,10-11,15H,5,7-9H2,1H3/t10-,11-/m0/s1. The zero-order valence-electron chi connectivity index (χ0n) is 9.54. The minimum Gasteiger partial charge on any atom is -0.490 e. The van der Waals surface area contributed by atoms with Crippen molar-refractivity contribution in [3.63, 3.8) is 0 Å². The maximum absolute atomic E-state index is 9.11. The Morgan fingerprint density at radius 1 is 1.62 bits per heavy atom. The number of aromatic nitrogens is 1. The molecule has 1 saturated heterocycles. The van der Waals surface area contributed by atoms with Crippen molar-refractivity contribution in [2.75, 3.05) is 26.8 Å². The Morgan fingerprint density at radius 3 is 3.12 bits per heavy atom. The Balaban J connectivity index is 1.82. The van der Waals surface area contributed by atoms with Crippen LogP contribution >= 0.6 is 0 Å². The van der Waals surface area contributed by atoms with Crippen molar-refractivity contribution >= 4 is 0 Å². The number of pyridine rings is 1. The van der Waals surface area contributed by atoms with Crippen LogP contribution in [0.2, 0.25) is 0 Å². The Kier molecular flexibility index (Phi) is 3.74. The smallest absolute Gasteiger partial charge is 0.137 e. The number of aliphatic hydroxyl groups excluding tert-OH is 1. The van der Waals surface area contributed by atoms with Crippen LogP contribution in [0.25, 0.3) is 0 Å². The zero-order valence-corrected chi connectivity index (χ0v) is 9.54. The molecule has 0 saturated carbocycles. The van der Waals surface area contributed by atoms with E-state index < -0.39 is 0 Å². The second-order valence-corrected chi connectivity index (χ2v) is 4.38. The molecule has 1 aliphatic heterocycles. The van der Waals surface area contributed by atoms with Gasteiger partial charge in [-0.2, -0.15) is 0 Å². The summed E-state index contributed by atoms with van der Waals surface area (Å²) >= 11 is 0. The number of rotatable bonds is 4. The summed E-state index contributed by atoms with van der Waals surface area (Å²) < 4.78 is 5.67. The first-order valence-electron chi connectivity index (χ1n) is 5.63. The number of likely N-dealkylation sites (N-methyl/N-ethyl adjacent to an activating group) is 1. The van der Waals surface area contributed by atoms with Crippen molar-refractivity contribution in [3.8, 4) is 5.75 Å². The second kappa shape index (κ2) is 5.27. The van der Waals surface area contributed by atoms with Crippen molar-refractivity contribution in [1.29, 1.82) is 0 Å². The number of hydrogen-bond donors (Lipinski definition) is 1. The summed E-state index contributed by atoms with van der Waals surface area (Å²) in [5, 5.41) is 9.11. The molecule has 4 heteroatoms. The summed E-state index contributed by atoms with van der Waals surface area (Å²) in [7, 11) is 2.08. The van der Waals surface area contributed by atoms with Crippen LogP contribution < -0.4 is 4.74 Å². The van der Waals surface area contributed by atoms with Crippen molar-refractivity contribution < 1.29 is 9.84 Å². The van der Waals surface area contributed by atoms with Crippen molar-refractivity contribution in [2.45, 2.75) is 12.5 Å². The topological polar surface area (TPSA) is 45.6 Å². The minimum atomic E-state index is 0.272. The fourth-order valence-corrected chi connectivity index (χ4v) is 2.15. The van der Waals surface area contributed by atoms with Crippen molar-refractivity contribution in [2.24, 2.45) is 5.92 Å². The molecule has 2 rings (SSSR count). The van der Waals surface area contributed by atoms with Crippen LogP contribution in [0.1, 0.15) is 6.42 Å². The highest BCUT2D eigenvalue weighted by Crippen LogP contribution is 2.21. The molecule has 88 valence electrons. The average molecular weight is 222 g/mol. The van der Waals surface area contributed by atoms with Gasteiger partial charge in [-0.05, 0) is 31.5 Å². The summed E-state index contributed by atoms with van der Waals surface area (Å²) in [6.45, 7) is 1.89. The zero-order chi connectivity index (χ0) is 11.4. The van der Waals surface area contributed by atoms with Gasteiger partial charge in [0.25, 0.3) is 0 Å². The molecule has 1 N–H and O–H groups in total. The fraction of sp³-hybridized carbons (Fsp3) is 0.583. The molecular formula is C12H18N2O2. The first kappa shape index (κ1) is 11.4. The maximum atomic E-state index is 9.11. The number of aliphatic hydroxyl groups is 1. The molecule has 4 nitrogen and oxygen atoms in total. The summed E-state index contributed by atoms with van der Waals surface area (Å²) in [5.41, 5.74) is 0. The van der Waals surface area contributed by atoms with Gasteiger partial charge < -0.3 is 9.84 Å². The minimum absolute atomic E-state index is 0.272. The van der Waals surface area contributed by atoms with Gasteiger partial charge in [0.15, 0.2) is 0 Å². The third-order valence-electron chi connectivity index (χ3n) is 3.11. The van der Waals surface area contributed by atoms with Crippen LogP contribution in [0.3, 0.4) is 0 Å². The van der Waals surface area contributed by atoms with Crippen molar-refractivity contribution in [3.05, 3.63) is 24.5 Å². The third-order valence-corrected chi connectivity index (χ3v) is 3.11. The number of ether oxygens (including phenoxy) is 1. The van der Waals surface area contributed by atoms with Gasteiger partial charge in [0.05, 0.1) is 6.20 Å². The normalized spacial score (nSPS) is 25.9. The number of nitrogens with zero attached hydrogens (tertiary/aromatic N) is 2. The van der Waals surface area contributed by atoms with E-state index in [1.165, 1.54) is 0 Å². The van der Waals surface area contributed by atoms with Crippen LogP contribution in [0, 0.1) is 5.92 Å². The first-order chi connectivity index (χ1) is 7.79. The van der Waals surface area contributed by atoms with Crippen LogP contribution in [0.4, 0.5) is 0 Å². The van der Waals surface area contributed by atoms with E-state index in [4.69, 9.17) is 9.84 Å². The van der Waals surface area contributed by atoms with E-state index in [0.717, 1.165) is 18.7 Å². The van der Waals surface area contributed by atoms with E-state index in [1.807, 2.05) is 12.1 Å². The molecule has 0 radical (unpaired) electrons. The van der Waals surface area contributed by atoms with E-state index in [-0.39, 0.29) is 6.61 Å². The number of hydrogen-bond acceptors (Lipinski definition) is 4. The lowest BCUT2D eigenvalue weighted by Crippen LogP contribution is -2.30. The summed E-state index contributed by atoms with van der Waals surface area (Å²) in [6.07, 6.45) is 4.46. The van der Waals surface area contributed by atoms with Crippen LogP contribution in [-0.2, 0) is 0 Å².